The summed E-state index contributed by atoms with van der Waals surface area (Å²) in [4.78, 5) is 10.7. The van der Waals surface area contributed by atoms with Crippen LogP contribution in [-0.4, -0.2) is 53.8 Å². The van der Waals surface area contributed by atoms with Crippen LogP contribution in [-0.2, 0) is 4.79 Å². The number of carboxylic acids is 1. The van der Waals surface area contributed by atoms with Crippen LogP contribution in [0.1, 0.15) is 43.7 Å². The second kappa shape index (κ2) is 12.3. The maximum atomic E-state index is 13.6. The van der Waals surface area contributed by atoms with E-state index >= 15 is 0 Å². The highest BCUT2D eigenvalue weighted by molar-refractivity contribution is 5.85. The fourth-order valence-corrected chi connectivity index (χ4v) is 3.54. The first kappa shape index (κ1) is 26.3. The van der Waals surface area contributed by atoms with E-state index in [2.05, 4.69) is 0 Å². The Hall–Kier alpha value is -2.94. The molecule has 180 valence electrons. The molecule has 2 aromatic rings. The molecule has 8 heteroatoms. The first-order chi connectivity index (χ1) is 15.7. The molecule has 2 rings (SSSR count). The Bertz CT molecular complexity index is 954. The molecule has 0 saturated carbocycles. The van der Waals surface area contributed by atoms with Crippen LogP contribution >= 0.6 is 0 Å². The fourth-order valence-electron chi connectivity index (χ4n) is 3.54. The van der Waals surface area contributed by atoms with Crippen molar-refractivity contribution in [3.05, 3.63) is 53.4 Å². The topological polar surface area (TPSA) is 119 Å². The highest BCUT2D eigenvalue weighted by Crippen LogP contribution is 2.45. The minimum absolute atomic E-state index is 0.0204. The van der Waals surface area contributed by atoms with Crippen LogP contribution in [0.4, 0.5) is 4.39 Å². The van der Waals surface area contributed by atoms with Gasteiger partial charge in [-0.3, -0.25) is 0 Å². The average Bonchev–Trinajstić information content (AvgIpc) is 2.75. The number of ether oxygens (including phenoxy) is 2. The Kier molecular flexibility index (Phi) is 9.84. The van der Waals surface area contributed by atoms with E-state index in [-0.39, 0.29) is 25.6 Å². The van der Waals surface area contributed by atoms with Gasteiger partial charge in [0, 0.05) is 24.4 Å². The third kappa shape index (κ3) is 7.28. The third-order valence-electron chi connectivity index (χ3n) is 5.03. The van der Waals surface area contributed by atoms with Gasteiger partial charge in [-0.15, -0.1) is 0 Å². The van der Waals surface area contributed by atoms with E-state index in [0.29, 0.717) is 28.2 Å². The first-order valence-electron chi connectivity index (χ1n) is 10.7. The molecule has 0 aliphatic heterocycles. The molecule has 33 heavy (non-hydrogen) atoms. The monoisotopic (exact) mass is 461 g/mol. The Morgan fingerprint density at radius 1 is 1.21 bits per heavy atom. The third-order valence-corrected chi connectivity index (χ3v) is 5.03. The predicted molar refractivity (Wildman–Crippen MR) is 120 cm³/mol. The van der Waals surface area contributed by atoms with E-state index in [9.17, 15) is 29.6 Å². The number of carbonyl (C=O) groups is 1. The summed E-state index contributed by atoms with van der Waals surface area (Å²) in [5, 5.41) is 40.0. The summed E-state index contributed by atoms with van der Waals surface area (Å²) >= 11 is 0. The summed E-state index contributed by atoms with van der Waals surface area (Å²) < 4.78 is 25.0. The standard InChI is InChI=1S/C25H31FO7/c1-15(2)21-14-22(33-11-10-27)25(32-3)24(16-4-6-17(26)7-5-16)20(21)9-8-18(28)12-19(29)13-23(30)31/h4-9,14-15,18-19,27-29H,10-13H2,1-3H3,(H,30,31)/p-1/b9-8+. The van der Waals surface area contributed by atoms with Crippen LogP contribution in [0.15, 0.2) is 36.4 Å². The maximum absolute atomic E-state index is 13.6. The number of benzene rings is 2. The summed E-state index contributed by atoms with van der Waals surface area (Å²) in [6, 6.07) is 7.64. The van der Waals surface area contributed by atoms with E-state index in [1.807, 2.05) is 13.8 Å². The first-order valence-corrected chi connectivity index (χ1v) is 10.7. The van der Waals surface area contributed by atoms with Crippen LogP contribution in [0.3, 0.4) is 0 Å². The summed E-state index contributed by atoms with van der Waals surface area (Å²) in [5.74, 6) is -0.985. The number of aliphatic carboxylic acids is 1. The number of methoxy groups -OCH3 is 1. The molecular weight excluding hydrogens is 431 g/mol. The van der Waals surface area contributed by atoms with Gasteiger partial charge < -0.3 is 34.7 Å². The molecule has 0 spiro atoms. The van der Waals surface area contributed by atoms with Crippen molar-refractivity contribution in [1.29, 1.82) is 0 Å². The number of carbonyl (C=O) groups excluding carboxylic acids is 1. The van der Waals surface area contributed by atoms with Crippen LogP contribution < -0.4 is 14.6 Å². The molecule has 0 fully saturated rings. The van der Waals surface area contributed by atoms with Gasteiger partial charge in [0.2, 0.25) is 0 Å². The molecule has 0 aliphatic rings. The lowest BCUT2D eigenvalue weighted by Gasteiger charge is -2.22. The summed E-state index contributed by atoms with van der Waals surface area (Å²) in [5.41, 5.74) is 2.80. The van der Waals surface area contributed by atoms with Gasteiger partial charge in [0.25, 0.3) is 0 Å². The number of halogens is 1. The van der Waals surface area contributed by atoms with Crippen molar-refractivity contribution in [2.24, 2.45) is 0 Å². The van der Waals surface area contributed by atoms with Gasteiger partial charge in [0.05, 0.1) is 25.9 Å². The van der Waals surface area contributed by atoms with Crippen LogP contribution in [0.25, 0.3) is 17.2 Å². The van der Waals surface area contributed by atoms with E-state index in [1.165, 1.54) is 25.3 Å². The van der Waals surface area contributed by atoms with Crippen LogP contribution in [0.5, 0.6) is 11.5 Å². The fraction of sp³-hybridized carbons (Fsp3) is 0.400. The maximum Gasteiger partial charge on any atom is 0.169 e. The van der Waals surface area contributed by atoms with Gasteiger partial charge in [0.15, 0.2) is 11.5 Å². The molecule has 0 saturated heterocycles. The highest BCUT2D eigenvalue weighted by atomic mass is 19.1. The number of hydrogen-bond donors (Lipinski definition) is 3. The molecule has 0 heterocycles. The number of hydrogen-bond acceptors (Lipinski definition) is 7. The van der Waals surface area contributed by atoms with Crippen molar-refractivity contribution in [3.8, 4) is 22.6 Å². The molecule has 0 amide bonds. The molecule has 7 nitrogen and oxygen atoms in total. The zero-order valence-corrected chi connectivity index (χ0v) is 19.0. The zero-order chi connectivity index (χ0) is 24.5. The number of aliphatic hydroxyl groups is 3. The largest absolute Gasteiger partial charge is 0.550 e. The Morgan fingerprint density at radius 2 is 1.88 bits per heavy atom. The lowest BCUT2D eigenvalue weighted by atomic mass is 9.88. The van der Waals surface area contributed by atoms with Gasteiger partial charge in [-0.05, 0) is 40.8 Å². The molecule has 0 aromatic heterocycles. The Morgan fingerprint density at radius 3 is 2.42 bits per heavy atom. The van der Waals surface area contributed by atoms with Gasteiger partial charge in [-0.1, -0.05) is 38.1 Å². The van der Waals surface area contributed by atoms with E-state index in [0.717, 1.165) is 5.56 Å². The SMILES string of the molecule is COc1c(OCCO)cc(C(C)C)c(/C=C/C(O)CC(O)CC(=O)[O-])c1-c1ccc(F)cc1. The van der Waals surface area contributed by atoms with Crippen LogP contribution in [0.2, 0.25) is 0 Å². The average molecular weight is 462 g/mol. The molecule has 2 aromatic carbocycles. The molecule has 0 aliphatic carbocycles. The molecule has 3 N–H and O–H groups in total. The predicted octanol–water partition coefficient (Wildman–Crippen LogP) is 2.26. The lowest BCUT2D eigenvalue weighted by molar-refractivity contribution is -0.307. The van der Waals surface area contributed by atoms with E-state index in [4.69, 9.17) is 9.47 Å². The lowest BCUT2D eigenvalue weighted by Crippen LogP contribution is -2.29. The van der Waals surface area contributed by atoms with Crippen molar-refractivity contribution in [2.45, 2.75) is 44.8 Å². The second-order valence-corrected chi connectivity index (χ2v) is 7.91. The van der Waals surface area contributed by atoms with Crippen molar-refractivity contribution < 1.29 is 39.1 Å². The number of carboxylic acid groups (broad SMARTS) is 1. The van der Waals surface area contributed by atoms with Gasteiger partial charge in [-0.2, -0.15) is 0 Å². The normalized spacial score (nSPS) is 13.3. The Labute approximate surface area is 192 Å². The van der Waals surface area contributed by atoms with Crippen LogP contribution in [0, 0.1) is 5.82 Å². The second-order valence-electron chi connectivity index (χ2n) is 7.91. The summed E-state index contributed by atoms with van der Waals surface area (Å²) in [6.07, 6.45) is 0.00958. The van der Waals surface area contributed by atoms with E-state index < -0.39 is 30.4 Å². The molecular formula is C25H30FO7-. The van der Waals surface area contributed by atoms with E-state index in [1.54, 1.807) is 24.3 Å². The number of rotatable bonds is 12. The van der Waals surface area contributed by atoms with Crippen molar-refractivity contribution in [3.63, 3.8) is 0 Å². The van der Waals surface area contributed by atoms with Gasteiger partial charge in [-0.25, -0.2) is 4.39 Å². The molecule has 2 atom stereocenters. The molecule has 0 bridgehead atoms. The molecule has 0 radical (unpaired) electrons. The number of aliphatic hydroxyl groups excluding tert-OH is 3. The Balaban J connectivity index is 2.63. The van der Waals surface area contributed by atoms with Crippen molar-refractivity contribution in [1.82, 2.24) is 0 Å². The van der Waals surface area contributed by atoms with Gasteiger partial charge >= 0.3 is 0 Å². The zero-order valence-electron chi connectivity index (χ0n) is 19.0. The molecule has 2 unspecified atom stereocenters. The van der Waals surface area contributed by atoms with Crippen molar-refractivity contribution >= 4 is 12.0 Å². The summed E-state index contributed by atoms with van der Waals surface area (Å²) in [6.45, 7) is 3.82. The highest BCUT2D eigenvalue weighted by Gasteiger charge is 2.22. The van der Waals surface area contributed by atoms with Gasteiger partial charge in [0.1, 0.15) is 12.4 Å². The smallest absolute Gasteiger partial charge is 0.169 e. The summed E-state index contributed by atoms with van der Waals surface area (Å²) in [7, 11) is 1.47. The minimum atomic E-state index is -1.40. The minimum Gasteiger partial charge on any atom is -0.550 e. The van der Waals surface area contributed by atoms with Crippen molar-refractivity contribution in [2.75, 3.05) is 20.3 Å². The quantitative estimate of drug-likeness (QED) is 0.444.